The van der Waals surface area contributed by atoms with Crippen LogP contribution in [0.1, 0.15) is 114 Å². The van der Waals surface area contributed by atoms with E-state index in [1.165, 1.54) is 39.6 Å². The predicted molar refractivity (Wildman–Crippen MR) is 265 cm³/mol. The number of rotatable bonds is 29. The molecule has 0 spiro atoms. The largest absolute Gasteiger partial charge is 0.391 e. The zero-order valence-electron chi connectivity index (χ0n) is 42.7. The number of likely N-dealkylation sites (tertiary alicyclic amines) is 1. The molecule has 13 N–H and O–H groups in total. The molecule has 0 aromatic rings. The van der Waals surface area contributed by atoms with Crippen LogP contribution >= 0.6 is 12.6 Å². The standard InChI is InChI=1S/C45H81N13O11S/c1-12-17-28(37(63)54-34(25(6)13-2)40(66)52-29(18-15-20-49-44(46)47)43(69)58-21-16-19-30(58)38(64)48-14-3)51-41(67)35(26(7)59)55-42(68)36(45(9,10)70)56-39(65)33(24(4)5)53-31(61)22-50-32(62)23-57(11)27(8)60/h24-26,28-30,33-36,59,70H,12-23H2,1-11H3,(H,48,64)(H,50,62)(H,51,67)(H,52,66)(H,53,61)(H,54,63)(H,55,68)(H,56,65)(H4,46,47,49)/t25-,26+,28-,29-,30-,33-,34-,35-,36-/m0/s1. The number of thiol groups is 1. The Hall–Kier alpha value is -5.72. The van der Waals surface area contributed by atoms with Gasteiger partial charge in [-0.25, -0.2) is 0 Å². The number of hydrogen-bond acceptors (Lipinski definition) is 13. The highest BCUT2D eigenvalue weighted by Gasteiger charge is 2.41. The Morgan fingerprint density at radius 1 is 0.771 bits per heavy atom. The first-order chi connectivity index (χ1) is 32.6. The van der Waals surface area contributed by atoms with Crippen molar-refractivity contribution in [3.05, 3.63) is 0 Å². The van der Waals surface area contributed by atoms with E-state index in [0.29, 0.717) is 45.2 Å². The van der Waals surface area contributed by atoms with Crippen LogP contribution in [0, 0.1) is 11.8 Å². The summed E-state index contributed by atoms with van der Waals surface area (Å²) in [6, 6.07) is -8.66. The molecule has 1 saturated heterocycles. The number of amides is 10. The van der Waals surface area contributed by atoms with Crippen molar-refractivity contribution in [1.82, 2.24) is 52.3 Å². The van der Waals surface area contributed by atoms with Gasteiger partial charge in [-0.15, -0.1) is 0 Å². The van der Waals surface area contributed by atoms with Crippen molar-refractivity contribution in [2.24, 2.45) is 28.3 Å². The fourth-order valence-electron chi connectivity index (χ4n) is 7.35. The number of aliphatic hydroxyl groups is 1. The summed E-state index contributed by atoms with van der Waals surface area (Å²) in [6.45, 7) is 15.9. The van der Waals surface area contributed by atoms with Gasteiger partial charge in [0.2, 0.25) is 59.1 Å². The van der Waals surface area contributed by atoms with Gasteiger partial charge in [0, 0.05) is 38.4 Å². The Bertz CT molecular complexity index is 1860. The van der Waals surface area contributed by atoms with Crippen LogP contribution < -0.4 is 54.0 Å². The van der Waals surface area contributed by atoms with E-state index in [9.17, 15) is 53.1 Å². The molecule has 0 unspecified atom stereocenters. The van der Waals surface area contributed by atoms with E-state index in [-0.39, 0.29) is 43.7 Å². The second-order valence-electron chi connectivity index (χ2n) is 18.6. The van der Waals surface area contributed by atoms with Crippen LogP contribution in [-0.4, -0.2) is 173 Å². The lowest BCUT2D eigenvalue weighted by Gasteiger charge is -2.34. The number of aliphatic hydroxyl groups excluding tert-OH is 1. The first-order valence-electron chi connectivity index (χ1n) is 23.9. The maximum atomic E-state index is 14.2. The molecule has 1 fully saturated rings. The molecule has 1 aliphatic heterocycles. The molecule has 25 heteroatoms. The van der Waals surface area contributed by atoms with Gasteiger partial charge in [0.05, 0.1) is 19.2 Å². The third-order valence-electron chi connectivity index (χ3n) is 11.7. The fourth-order valence-corrected chi connectivity index (χ4v) is 7.53. The van der Waals surface area contributed by atoms with Crippen molar-refractivity contribution in [3.8, 4) is 0 Å². The van der Waals surface area contributed by atoms with Crippen molar-refractivity contribution in [1.29, 1.82) is 0 Å². The molecular formula is C45H81N13O11S. The van der Waals surface area contributed by atoms with Gasteiger partial charge in [0.1, 0.15) is 42.3 Å². The summed E-state index contributed by atoms with van der Waals surface area (Å²) in [6.07, 6.45) is 0.744. The van der Waals surface area contributed by atoms with Crippen LogP contribution in [0.2, 0.25) is 0 Å². The lowest BCUT2D eigenvalue weighted by atomic mass is 9.96. The van der Waals surface area contributed by atoms with Gasteiger partial charge in [-0.1, -0.05) is 47.5 Å². The summed E-state index contributed by atoms with van der Waals surface area (Å²) < 4.78 is -1.30. The normalized spacial score (nSPS) is 16.9. The first kappa shape index (κ1) is 62.3. The Labute approximate surface area is 417 Å². The molecule has 398 valence electrons. The third kappa shape index (κ3) is 20.7. The van der Waals surface area contributed by atoms with Gasteiger partial charge >= 0.3 is 0 Å². The summed E-state index contributed by atoms with van der Waals surface area (Å²) in [4.78, 5) is 140. The Kier molecular flexibility index (Phi) is 26.8. The van der Waals surface area contributed by atoms with Gasteiger partial charge in [0.25, 0.3) is 0 Å². The number of nitrogens with one attached hydrogen (secondary N) is 8. The van der Waals surface area contributed by atoms with E-state index in [1.54, 1.807) is 41.5 Å². The molecule has 0 radical (unpaired) electrons. The highest BCUT2D eigenvalue weighted by Crippen LogP contribution is 2.21. The molecule has 0 aliphatic carbocycles. The third-order valence-corrected chi connectivity index (χ3v) is 12.0. The van der Waals surface area contributed by atoms with E-state index in [4.69, 9.17) is 11.5 Å². The average Bonchev–Trinajstić information content (AvgIpc) is 3.77. The number of hydrogen-bond donors (Lipinski definition) is 12. The van der Waals surface area contributed by atoms with E-state index in [2.05, 4.69) is 60.2 Å². The van der Waals surface area contributed by atoms with Crippen LogP contribution in [0.3, 0.4) is 0 Å². The predicted octanol–water partition coefficient (Wildman–Crippen LogP) is -2.74. The molecule has 70 heavy (non-hydrogen) atoms. The average molecular weight is 1010 g/mol. The number of carbonyl (C=O) groups excluding carboxylic acids is 10. The highest BCUT2D eigenvalue weighted by atomic mass is 32.1. The number of aliphatic imine (C=N–C) groups is 1. The van der Waals surface area contributed by atoms with Crippen molar-refractivity contribution in [2.75, 3.05) is 39.8 Å². The molecule has 1 heterocycles. The maximum Gasteiger partial charge on any atom is 0.245 e. The van der Waals surface area contributed by atoms with Gasteiger partial charge in [-0.05, 0) is 71.6 Å². The van der Waals surface area contributed by atoms with Gasteiger partial charge in [-0.3, -0.25) is 52.9 Å². The quantitative estimate of drug-likeness (QED) is 0.0157. The van der Waals surface area contributed by atoms with E-state index in [0.717, 1.165) is 4.90 Å². The summed E-state index contributed by atoms with van der Waals surface area (Å²) in [5.41, 5.74) is 11.0. The van der Waals surface area contributed by atoms with Crippen molar-refractivity contribution >= 4 is 77.7 Å². The Morgan fingerprint density at radius 2 is 1.36 bits per heavy atom. The molecule has 0 saturated carbocycles. The first-order valence-corrected chi connectivity index (χ1v) is 24.4. The van der Waals surface area contributed by atoms with E-state index >= 15 is 0 Å². The summed E-state index contributed by atoms with van der Waals surface area (Å²) in [5.74, 6) is -7.78. The van der Waals surface area contributed by atoms with Crippen molar-refractivity contribution in [2.45, 2.75) is 167 Å². The minimum absolute atomic E-state index is 0.0682. The maximum absolute atomic E-state index is 14.2. The van der Waals surface area contributed by atoms with E-state index < -0.39 is 119 Å². The zero-order valence-corrected chi connectivity index (χ0v) is 43.6. The summed E-state index contributed by atoms with van der Waals surface area (Å²) >= 11 is 4.52. The van der Waals surface area contributed by atoms with Crippen LogP contribution in [0.5, 0.6) is 0 Å². The molecule has 1 rings (SSSR count). The van der Waals surface area contributed by atoms with Crippen LogP contribution in [-0.2, 0) is 47.9 Å². The second kappa shape index (κ2) is 30.1. The molecule has 1 aliphatic rings. The minimum atomic E-state index is -1.67. The number of carbonyl (C=O) groups is 10. The fraction of sp³-hybridized carbons (Fsp3) is 0.756. The molecule has 24 nitrogen and oxygen atoms in total. The summed E-state index contributed by atoms with van der Waals surface area (Å²) in [5, 5.41) is 31.6. The lowest BCUT2D eigenvalue weighted by molar-refractivity contribution is -0.142. The SMILES string of the molecule is CCC[C@H](NC(=O)[C@@H](NC(=O)[C@H](NC(=O)[C@@H](NC(=O)CNC(=O)CN(C)C(C)=O)C(C)C)C(C)(C)S)[C@@H](C)O)C(=O)N[C@H](C(=O)N[C@@H](CCCN=C(N)N)C(=O)N1CCC[C@H]1C(=O)NCC)[C@@H](C)CC. The molecule has 0 bridgehead atoms. The topological polar surface area (TPSA) is 358 Å². The van der Waals surface area contributed by atoms with Crippen LogP contribution in [0.15, 0.2) is 4.99 Å². The molecule has 10 amide bonds. The number of nitrogens with zero attached hydrogens (tertiary/aromatic N) is 3. The number of likely N-dealkylation sites (N-methyl/N-ethyl adjacent to an activating group) is 2. The smallest absolute Gasteiger partial charge is 0.245 e. The summed E-state index contributed by atoms with van der Waals surface area (Å²) in [7, 11) is 1.41. The highest BCUT2D eigenvalue weighted by molar-refractivity contribution is 7.81. The zero-order chi connectivity index (χ0) is 53.6. The van der Waals surface area contributed by atoms with Gasteiger partial charge < -0.3 is 68.9 Å². The molecule has 0 aromatic carbocycles. The van der Waals surface area contributed by atoms with Crippen molar-refractivity contribution < 1.29 is 53.1 Å². The van der Waals surface area contributed by atoms with Gasteiger partial charge in [0.15, 0.2) is 5.96 Å². The number of nitrogens with two attached hydrogens (primary N) is 2. The Balaban J connectivity index is 3.31. The van der Waals surface area contributed by atoms with Crippen molar-refractivity contribution in [3.63, 3.8) is 0 Å². The van der Waals surface area contributed by atoms with Crippen LogP contribution in [0.4, 0.5) is 0 Å². The monoisotopic (exact) mass is 1010 g/mol. The molecular weight excluding hydrogens is 931 g/mol. The van der Waals surface area contributed by atoms with Gasteiger partial charge in [-0.2, -0.15) is 12.6 Å². The second-order valence-corrected chi connectivity index (χ2v) is 19.7. The lowest BCUT2D eigenvalue weighted by Crippen LogP contribution is -2.64. The van der Waals surface area contributed by atoms with E-state index in [1.807, 2.05) is 0 Å². The Morgan fingerprint density at radius 3 is 1.89 bits per heavy atom. The number of guanidine groups is 1. The minimum Gasteiger partial charge on any atom is -0.391 e. The van der Waals surface area contributed by atoms with Crippen LogP contribution in [0.25, 0.3) is 0 Å². The molecule has 9 atom stereocenters. The molecule has 0 aromatic heterocycles.